The Kier molecular flexibility index (Phi) is 8.39. The van der Waals surface area contributed by atoms with E-state index in [0.29, 0.717) is 0 Å². The maximum Gasteiger partial charge on any atom is 0.416 e. The topological polar surface area (TPSA) is 117 Å². The summed E-state index contributed by atoms with van der Waals surface area (Å²) < 4.78 is 40.1. The van der Waals surface area contributed by atoms with Crippen LogP contribution < -0.4 is 5.56 Å². The van der Waals surface area contributed by atoms with Crippen LogP contribution in [0.15, 0.2) is 47.3 Å². The number of aromatic amines is 1. The van der Waals surface area contributed by atoms with Gasteiger partial charge in [-0.05, 0) is 57.2 Å². The van der Waals surface area contributed by atoms with Crippen LogP contribution in [0.5, 0.6) is 5.75 Å². The number of hydrogen-bond donors (Lipinski definition) is 3. The smallest absolute Gasteiger partial charge is 0.416 e. The van der Waals surface area contributed by atoms with Gasteiger partial charge in [-0.25, -0.2) is 4.79 Å². The normalized spacial score (nSPS) is 12.0. The maximum atomic E-state index is 13.4. The van der Waals surface area contributed by atoms with Crippen LogP contribution in [-0.4, -0.2) is 38.3 Å². The molecule has 7 nitrogen and oxygen atoms in total. The lowest BCUT2D eigenvalue weighted by Gasteiger charge is -2.32. The zero-order valence-corrected chi connectivity index (χ0v) is 22.3. The van der Waals surface area contributed by atoms with Gasteiger partial charge in [0, 0.05) is 44.4 Å². The summed E-state index contributed by atoms with van der Waals surface area (Å²) in [4.78, 5) is 28.0. The van der Waals surface area contributed by atoms with E-state index in [1.54, 1.807) is 26.8 Å². The summed E-state index contributed by atoms with van der Waals surface area (Å²) in [5.74, 6) is -0.352. The van der Waals surface area contributed by atoms with E-state index in [0.717, 1.165) is 18.2 Å². The van der Waals surface area contributed by atoms with Crippen molar-refractivity contribution >= 4 is 35.4 Å². The fraction of sp³-hybridized carbons (Fsp3) is 0.222. The first-order valence-corrected chi connectivity index (χ1v) is 12.0. The van der Waals surface area contributed by atoms with Crippen molar-refractivity contribution in [3.8, 4) is 34.2 Å². The van der Waals surface area contributed by atoms with E-state index in [1.807, 2.05) is 0 Å². The molecule has 39 heavy (non-hydrogen) atoms. The molecule has 0 bridgehead atoms. The van der Waals surface area contributed by atoms with Crippen LogP contribution in [-0.2, 0) is 6.18 Å². The van der Waals surface area contributed by atoms with E-state index in [9.17, 15) is 38.2 Å². The zero-order valence-electron chi connectivity index (χ0n) is 20.8. The summed E-state index contributed by atoms with van der Waals surface area (Å²) in [7, 11) is 0. The van der Waals surface area contributed by atoms with Gasteiger partial charge in [-0.2, -0.15) is 18.4 Å². The average molecular weight is 580 g/mol. The molecule has 0 saturated carbocycles. The third-order valence-electron chi connectivity index (χ3n) is 5.75. The Morgan fingerprint density at radius 3 is 2.33 bits per heavy atom. The molecule has 1 aromatic heterocycles. The van der Waals surface area contributed by atoms with Crippen LogP contribution in [0.4, 0.5) is 18.0 Å². The Morgan fingerprint density at radius 2 is 1.77 bits per heavy atom. The Bertz CT molecular complexity index is 1570. The van der Waals surface area contributed by atoms with E-state index < -0.39 is 34.5 Å². The number of pyridine rings is 1. The molecule has 1 amide bonds. The van der Waals surface area contributed by atoms with Gasteiger partial charge in [-0.15, -0.1) is 0 Å². The van der Waals surface area contributed by atoms with Gasteiger partial charge in [0.25, 0.3) is 5.56 Å². The quantitative estimate of drug-likeness (QED) is 0.291. The van der Waals surface area contributed by atoms with Crippen LogP contribution in [0.25, 0.3) is 28.5 Å². The minimum Gasteiger partial charge on any atom is -0.507 e. The number of halogens is 5. The molecule has 3 N–H and O–H groups in total. The monoisotopic (exact) mass is 579 g/mol. The lowest BCUT2D eigenvalue weighted by atomic mass is 9.96. The first-order chi connectivity index (χ1) is 18.0. The molecule has 0 atom stereocenters. The number of alkyl halides is 3. The summed E-state index contributed by atoms with van der Waals surface area (Å²) in [5.41, 5.74) is -3.34. The molecule has 0 saturated heterocycles. The third-order valence-corrected chi connectivity index (χ3v) is 6.30. The molecule has 3 aromatic rings. The van der Waals surface area contributed by atoms with Gasteiger partial charge in [-0.3, -0.25) is 9.69 Å². The highest BCUT2D eigenvalue weighted by molar-refractivity contribution is 6.33. The van der Waals surface area contributed by atoms with Gasteiger partial charge >= 0.3 is 12.3 Å². The number of nitrogens with one attached hydrogen (secondary N) is 1. The first-order valence-electron chi connectivity index (χ1n) is 11.3. The van der Waals surface area contributed by atoms with Gasteiger partial charge in [0.15, 0.2) is 0 Å². The maximum absolute atomic E-state index is 13.4. The fourth-order valence-electron chi connectivity index (χ4n) is 3.81. The van der Waals surface area contributed by atoms with Crippen LogP contribution in [0.1, 0.15) is 37.5 Å². The summed E-state index contributed by atoms with van der Waals surface area (Å²) in [6, 6.07) is 8.17. The third kappa shape index (κ3) is 6.56. The van der Waals surface area contributed by atoms with Crippen molar-refractivity contribution in [1.29, 1.82) is 5.26 Å². The highest BCUT2D eigenvalue weighted by atomic mass is 35.5. The number of H-pyrrole nitrogens is 1. The number of carbonyl (C=O) groups is 1. The summed E-state index contributed by atoms with van der Waals surface area (Å²) in [6.45, 7) is 5.16. The average Bonchev–Trinajstić information content (AvgIpc) is 2.81. The second-order valence-corrected chi connectivity index (χ2v) is 10.3. The Hall–Kier alpha value is -3.94. The van der Waals surface area contributed by atoms with E-state index in [2.05, 4.69) is 4.98 Å². The molecule has 0 aliphatic carbocycles. The molecule has 0 spiro atoms. The summed E-state index contributed by atoms with van der Waals surface area (Å²) in [6.07, 6.45) is -2.90. The minimum absolute atomic E-state index is 0.00792. The van der Waals surface area contributed by atoms with Gasteiger partial charge in [0.05, 0.1) is 11.3 Å². The van der Waals surface area contributed by atoms with Crippen LogP contribution >= 0.6 is 23.2 Å². The van der Waals surface area contributed by atoms with Crippen LogP contribution in [0, 0.1) is 11.3 Å². The number of amides is 1. The van der Waals surface area contributed by atoms with Crippen molar-refractivity contribution in [2.75, 3.05) is 6.54 Å². The van der Waals surface area contributed by atoms with Gasteiger partial charge in [0.1, 0.15) is 17.4 Å². The number of hydrogen-bond acceptors (Lipinski definition) is 4. The number of aromatic nitrogens is 1. The molecule has 12 heteroatoms. The van der Waals surface area contributed by atoms with E-state index in [1.165, 1.54) is 35.3 Å². The molecular formula is C27H22Cl2F3N3O4. The lowest BCUT2D eigenvalue weighted by Crippen LogP contribution is -2.44. The largest absolute Gasteiger partial charge is 0.507 e. The van der Waals surface area contributed by atoms with Crippen molar-refractivity contribution < 1.29 is 28.2 Å². The highest BCUT2D eigenvalue weighted by Crippen LogP contribution is 2.40. The molecule has 3 rings (SSSR count). The Balaban J connectivity index is 2.17. The zero-order chi connectivity index (χ0) is 29.3. The Labute approximate surface area is 231 Å². The van der Waals surface area contributed by atoms with Crippen LogP contribution in [0.3, 0.4) is 0 Å². The van der Waals surface area contributed by atoms with E-state index in [-0.39, 0.29) is 50.3 Å². The molecule has 204 valence electrons. The second-order valence-electron chi connectivity index (χ2n) is 9.46. The number of rotatable bonds is 5. The number of carboxylic acid groups (broad SMARTS) is 1. The number of benzene rings is 2. The number of phenols is 1. The molecule has 0 aliphatic rings. The van der Waals surface area contributed by atoms with Crippen molar-refractivity contribution in [1.82, 2.24) is 9.88 Å². The number of phenolic OH excluding ortho intramolecular Hbond substituents is 1. The summed E-state index contributed by atoms with van der Waals surface area (Å²) in [5, 5.41) is 30.0. The number of nitriles is 1. The highest BCUT2D eigenvalue weighted by Gasteiger charge is 2.31. The summed E-state index contributed by atoms with van der Waals surface area (Å²) >= 11 is 12.4. The lowest BCUT2D eigenvalue weighted by molar-refractivity contribution is -0.137. The van der Waals surface area contributed by atoms with Gasteiger partial charge in [0.2, 0.25) is 0 Å². The molecule has 1 heterocycles. The SMILES string of the molecule is CC(C)(C)N(C/C=C/c1cc(Cl)cc(-c2cc(-c3cc(C(F)(F)F)ccc3Cl)c(C#N)c(=O)[nH]2)c1O)C(=O)O. The van der Waals surface area contributed by atoms with Gasteiger partial charge < -0.3 is 15.2 Å². The van der Waals surface area contributed by atoms with Crippen molar-refractivity contribution in [2.45, 2.75) is 32.5 Å². The predicted molar refractivity (Wildman–Crippen MR) is 143 cm³/mol. The van der Waals surface area contributed by atoms with Crippen molar-refractivity contribution in [3.63, 3.8) is 0 Å². The van der Waals surface area contributed by atoms with E-state index >= 15 is 0 Å². The van der Waals surface area contributed by atoms with Crippen molar-refractivity contribution in [3.05, 3.63) is 79.6 Å². The second kappa shape index (κ2) is 11.0. The first kappa shape index (κ1) is 29.6. The fourth-order valence-corrected chi connectivity index (χ4v) is 4.26. The number of aromatic hydroxyl groups is 1. The van der Waals surface area contributed by atoms with Crippen molar-refractivity contribution in [2.24, 2.45) is 0 Å². The molecule has 0 aliphatic heterocycles. The standard InChI is InChI=1S/C27H22Cl2F3N3O4/c1-26(2,3)35(25(38)39)8-4-5-14-9-16(28)11-19(23(14)36)22-12-17(20(13-33)24(37)34-22)18-10-15(27(30,31)32)6-7-21(18)29/h4-7,9-12,36H,8H2,1-3H3,(H,34,37)(H,38,39)/b5-4+. The molecule has 0 radical (unpaired) electrons. The molecule has 0 unspecified atom stereocenters. The van der Waals surface area contributed by atoms with Gasteiger partial charge in [-0.1, -0.05) is 35.4 Å². The molecular weight excluding hydrogens is 558 g/mol. The minimum atomic E-state index is -4.70. The van der Waals surface area contributed by atoms with Crippen LogP contribution in [0.2, 0.25) is 10.0 Å². The molecule has 2 aromatic carbocycles. The number of nitrogens with zero attached hydrogens (tertiary/aromatic N) is 2. The van der Waals surface area contributed by atoms with E-state index in [4.69, 9.17) is 23.2 Å². The molecule has 0 fully saturated rings. The predicted octanol–water partition coefficient (Wildman–Crippen LogP) is 7.40. The Morgan fingerprint density at radius 1 is 1.10 bits per heavy atom.